The van der Waals surface area contributed by atoms with Gasteiger partial charge in [0.15, 0.2) is 0 Å². The van der Waals surface area contributed by atoms with Gasteiger partial charge in [0, 0.05) is 52.8 Å². The zero-order chi connectivity index (χ0) is 31.3. The molecular formula is C36H54O6Si. The molecule has 43 heavy (non-hydrogen) atoms. The molecule has 0 amide bonds. The average Bonchev–Trinajstić information content (AvgIpc) is 3.35. The summed E-state index contributed by atoms with van der Waals surface area (Å²) in [5.41, 5.74) is 0.679. The third-order valence-corrected chi connectivity index (χ3v) is 13.7. The van der Waals surface area contributed by atoms with Crippen LogP contribution in [-0.4, -0.2) is 66.6 Å². The highest BCUT2D eigenvalue weighted by atomic mass is 28.4. The molecule has 7 heteroatoms. The second-order valence-electron chi connectivity index (χ2n) is 12.7. The zero-order valence-corrected chi connectivity index (χ0v) is 28.5. The maximum atomic E-state index is 12.8. The molecule has 0 spiro atoms. The summed E-state index contributed by atoms with van der Waals surface area (Å²) in [4.78, 5) is 12.8. The van der Waals surface area contributed by atoms with Gasteiger partial charge in [0.2, 0.25) is 0 Å². The Morgan fingerprint density at radius 3 is 2.00 bits per heavy atom. The Bertz CT molecular complexity index is 1070. The van der Waals surface area contributed by atoms with Crippen molar-refractivity contribution in [2.45, 2.75) is 109 Å². The van der Waals surface area contributed by atoms with E-state index < -0.39 is 8.32 Å². The van der Waals surface area contributed by atoms with Gasteiger partial charge >= 0.3 is 5.97 Å². The molecule has 1 heterocycles. The summed E-state index contributed by atoms with van der Waals surface area (Å²) in [6, 6.07) is 21.3. The minimum Gasteiger partial charge on any atom is -0.459 e. The molecule has 1 aliphatic heterocycles. The van der Waals surface area contributed by atoms with Crippen molar-refractivity contribution in [3.63, 3.8) is 0 Å². The van der Waals surface area contributed by atoms with Gasteiger partial charge in [-0.2, -0.15) is 0 Å². The van der Waals surface area contributed by atoms with E-state index in [1.165, 1.54) is 23.2 Å². The Morgan fingerprint density at radius 2 is 1.49 bits per heavy atom. The molecule has 0 bridgehead atoms. The second-order valence-corrected chi connectivity index (χ2v) is 17.0. The first-order valence-corrected chi connectivity index (χ1v) is 17.8. The van der Waals surface area contributed by atoms with Crippen LogP contribution < -0.4 is 10.4 Å². The van der Waals surface area contributed by atoms with Crippen molar-refractivity contribution >= 4 is 24.7 Å². The molecular weight excluding hydrogens is 556 g/mol. The van der Waals surface area contributed by atoms with Gasteiger partial charge in [-0.3, -0.25) is 0 Å². The fraction of sp³-hybridized carbons (Fsp3) is 0.583. The molecule has 0 N–H and O–H groups in total. The average molecular weight is 611 g/mol. The summed E-state index contributed by atoms with van der Waals surface area (Å²) in [5, 5.41) is 2.43. The Morgan fingerprint density at radius 1 is 0.884 bits per heavy atom. The van der Waals surface area contributed by atoms with Crippen LogP contribution in [0.3, 0.4) is 0 Å². The van der Waals surface area contributed by atoms with Crippen LogP contribution in [0, 0.1) is 0 Å². The van der Waals surface area contributed by atoms with Gasteiger partial charge in [-0.15, -0.1) is 0 Å². The largest absolute Gasteiger partial charge is 0.459 e. The first-order chi connectivity index (χ1) is 20.7. The number of esters is 1. The smallest absolute Gasteiger partial charge is 0.334 e. The fourth-order valence-electron chi connectivity index (χ4n) is 6.26. The number of carbonyl (C=O) groups excluding carboxylic acids is 1. The lowest BCUT2D eigenvalue weighted by Gasteiger charge is -2.43. The predicted octanol–water partition coefficient (Wildman–Crippen LogP) is 6.60. The van der Waals surface area contributed by atoms with Gasteiger partial charge in [0.1, 0.15) is 6.10 Å². The lowest BCUT2D eigenvalue weighted by atomic mass is 10.0. The van der Waals surface area contributed by atoms with Gasteiger partial charge in [-0.05, 0) is 34.3 Å². The second kappa shape index (κ2) is 17.3. The standard InChI is InChI=1S/C36H54O6Si/c1-8-9-12-17-29(38-5)26-31(40-7)24-28-25-32(42-35(28)37)27-30(39-6)22-23-41-43(36(2,3)4,33-18-13-10-14-19-33)34-20-15-11-16-21-34/h10-11,13-16,18-21,24,29-32H,8-9,12,17,22-23,25-27H2,1-7H3/b28-24-/t29-,30+,31+,32-/m1/s1. The van der Waals surface area contributed by atoms with Crippen LogP contribution in [-0.2, 0) is 28.2 Å². The van der Waals surface area contributed by atoms with Crippen LogP contribution in [0.4, 0.5) is 0 Å². The third-order valence-electron chi connectivity index (χ3n) is 8.67. The van der Waals surface area contributed by atoms with Crippen molar-refractivity contribution in [3.8, 4) is 0 Å². The van der Waals surface area contributed by atoms with Gasteiger partial charge in [0.05, 0.1) is 18.3 Å². The molecule has 1 fully saturated rings. The highest BCUT2D eigenvalue weighted by molar-refractivity contribution is 6.99. The lowest BCUT2D eigenvalue weighted by molar-refractivity contribution is -0.140. The van der Waals surface area contributed by atoms with Crippen LogP contribution in [0.5, 0.6) is 0 Å². The predicted molar refractivity (Wildman–Crippen MR) is 177 cm³/mol. The van der Waals surface area contributed by atoms with E-state index in [1.54, 1.807) is 21.3 Å². The molecule has 0 aromatic heterocycles. The van der Waals surface area contributed by atoms with Crippen molar-refractivity contribution in [3.05, 3.63) is 72.3 Å². The highest BCUT2D eigenvalue weighted by Gasteiger charge is 2.50. The molecule has 0 unspecified atom stereocenters. The highest BCUT2D eigenvalue weighted by Crippen LogP contribution is 2.37. The van der Waals surface area contributed by atoms with E-state index in [4.69, 9.17) is 23.4 Å². The van der Waals surface area contributed by atoms with Crippen LogP contribution in [0.15, 0.2) is 72.3 Å². The maximum absolute atomic E-state index is 12.8. The van der Waals surface area contributed by atoms with Crippen molar-refractivity contribution in [2.24, 2.45) is 0 Å². The van der Waals surface area contributed by atoms with Crippen molar-refractivity contribution in [1.82, 2.24) is 0 Å². The molecule has 6 nitrogen and oxygen atoms in total. The number of benzene rings is 2. The monoisotopic (exact) mass is 610 g/mol. The quantitative estimate of drug-likeness (QED) is 0.0820. The van der Waals surface area contributed by atoms with E-state index in [0.717, 1.165) is 19.3 Å². The molecule has 1 aliphatic rings. The van der Waals surface area contributed by atoms with Gasteiger partial charge in [0.25, 0.3) is 8.32 Å². The summed E-state index contributed by atoms with van der Waals surface area (Å²) in [6.45, 7) is 9.60. The summed E-state index contributed by atoms with van der Waals surface area (Å²) in [7, 11) is 2.54. The summed E-state index contributed by atoms with van der Waals surface area (Å²) >= 11 is 0. The van der Waals surface area contributed by atoms with Gasteiger partial charge in [-0.25, -0.2) is 4.79 Å². The molecule has 0 aliphatic carbocycles. The van der Waals surface area contributed by atoms with Crippen LogP contribution in [0.2, 0.25) is 5.04 Å². The van der Waals surface area contributed by atoms with Crippen LogP contribution in [0.1, 0.15) is 79.1 Å². The number of carbonyl (C=O) groups is 1. The lowest BCUT2D eigenvalue weighted by Crippen LogP contribution is -2.66. The fourth-order valence-corrected chi connectivity index (χ4v) is 10.8. The summed E-state index contributed by atoms with van der Waals surface area (Å²) < 4.78 is 30.2. The minimum absolute atomic E-state index is 0.0886. The number of hydrogen-bond acceptors (Lipinski definition) is 6. The Kier molecular flexibility index (Phi) is 14.1. The number of rotatable bonds is 18. The van der Waals surface area contributed by atoms with E-state index in [2.05, 4.69) is 88.4 Å². The first kappa shape index (κ1) is 35.2. The normalized spacial score (nSPS) is 18.9. The van der Waals surface area contributed by atoms with E-state index in [1.807, 2.05) is 6.08 Å². The van der Waals surface area contributed by atoms with Crippen molar-refractivity contribution in [1.29, 1.82) is 0 Å². The van der Waals surface area contributed by atoms with E-state index in [-0.39, 0.29) is 35.4 Å². The van der Waals surface area contributed by atoms with Gasteiger partial charge < -0.3 is 23.4 Å². The third kappa shape index (κ3) is 9.59. The molecule has 0 radical (unpaired) electrons. The Hall–Kier alpha value is -2.29. The van der Waals surface area contributed by atoms with Crippen LogP contribution >= 0.6 is 0 Å². The Balaban J connectivity index is 1.66. The molecule has 4 atom stereocenters. The number of unbranched alkanes of at least 4 members (excludes halogenated alkanes) is 2. The molecule has 3 rings (SSSR count). The molecule has 2 aromatic carbocycles. The number of hydrogen-bond donors (Lipinski definition) is 0. The Labute approximate surface area is 261 Å². The first-order valence-electron chi connectivity index (χ1n) is 15.9. The summed E-state index contributed by atoms with van der Waals surface area (Å²) in [5.74, 6) is -0.259. The van der Waals surface area contributed by atoms with Crippen LogP contribution in [0.25, 0.3) is 0 Å². The van der Waals surface area contributed by atoms with E-state index in [0.29, 0.717) is 31.4 Å². The zero-order valence-electron chi connectivity index (χ0n) is 27.5. The number of cyclic esters (lactones) is 1. The number of methoxy groups -OCH3 is 3. The maximum Gasteiger partial charge on any atom is 0.334 e. The van der Waals surface area contributed by atoms with Crippen molar-refractivity contribution < 1.29 is 28.2 Å². The molecule has 0 saturated carbocycles. The van der Waals surface area contributed by atoms with E-state index >= 15 is 0 Å². The SMILES string of the molecule is CCCCC[C@H](C[C@H](/C=C1/C[C@H](C[C@H](CCO[Si](c2ccccc2)(c2ccccc2)C(C)(C)C)OC)OC1=O)OC)OC. The minimum atomic E-state index is -2.62. The molecule has 1 saturated heterocycles. The van der Waals surface area contributed by atoms with Gasteiger partial charge in [-0.1, -0.05) is 108 Å². The molecule has 2 aromatic rings. The van der Waals surface area contributed by atoms with E-state index in [9.17, 15) is 4.79 Å². The van der Waals surface area contributed by atoms with Crippen molar-refractivity contribution in [2.75, 3.05) is 27.9 Å². The topological polar surface area (TPSA) is 63.2 Å². The number of ether oxygens (including phenoxy) is 4. The molecule has 238 valence electrons. The summed E-state index contributed by atoms with van der Waals surface area (Å²) in [6.07, 6.45) is 8.63.